The van der Waals surface area contributed by atoms with Gasteiger partial charge >= 0.3 is 12.1 Å². The van der Waals surface area contributed by atoms with E-state index in [4.69, 9.17) is 20.9 Å². The molecule has 20 heteroatoms. The smallest absolute Gasteiger partial charge is 0.410 e. The maximum Gasteiger partial charge on any atom is 0.410 e. The minimum absolute atomic E-state index is 0.0991. The van der Waals surface area contributed by atoms with Crippen molar-refractivity contribution >= 4 is 59.1 Å². The van der Waals surface area contributed by atoms with Gasteiger partial charge in [-0.3, -0.25) is 28.9 Å². The van der Waals surface area contributed by atoms with Gasteiger partial charge in [-0.2, -0.15) is 0 Å². The Labute approximate surface area is 482 Å². The molecule has 10 atom stereocenters. The summed E-state index contributed by atoms with van der Waals surface area (Å²) in [7, 11) is 6.37. The number of methoxy groups -OCH3 is 1. The predicted octanol–water partition coefficient (Wildman–Crippen LogP) is 7.55. The number of amides is 8. The molecular formula is C60H98N10O9S. The van der Waals surface area contributed by atoms with Crippen molar-refractivity contribution in [2.45, 2.75) is 177 Å². The topological polar surface area (TPSA) is 260 Å². The van der Waals surface area contributed by atoms with Crippen LogP contribution in [0.25, 0.3) is 0 Å². The molecule has 448 valence electrons. The van der Waals surface area contributed by atoms with Gasteiger partial charge in [-0.1, -0.05) is 116 Å². The summed E-state index contributed by atoms with van der Waals surface area (Å²) in [6, 6.07) is 11.5. The number of primary amides is 1. The van der Waals surface area contributed by atoms with E-state index in [0.717, 1.165) is 16.0 Å². The minimum Gasteiger partial charge on any atom is -0.445 e. The number of nitrogens with one attached hydrogen (secondary N) is 5. The molecule has 0 aliphatic rings. The van der Waals surface area contributed by atoms with E-state index >= 15 is 0 Å². The number of ether oxygens (including phenoxy) is 2. The Morgan fingerprint density at radius 2 is 1.43 bits per heavy atom. The zero-order chi connectivity index (χ0) is 60.4. The second-order valence-corrected chi connectivity index (χ2v) is 22.5. The molecule has 2 rings (SSSR count). The third-order valence-corrected chi connectivity index (χ3v) is 16.1. The van der Waals surface area contributed by atoms with Gasteiger partial charge in [0, 0.05) is 63.4 Å². The van der Waals surface area contributed by atoms with Crippen LogP contribution in [0.4, 0.5) is 15.3 Å². The second kappa shape index (κ2) is 35.7. The standard InChI is InChI=1S/C60H98N10O9S/c1-17-33-80-54(39(9)10)47(34-42-25-22-21-23-26-42)66-55(72)41(12)53(78-16)48(19-3)70(20-4)49(71)35-45(61)52(40(11)18-2)68(14)58(75)50(37(5)6)67-57(74)51(38(7)8)69(15)60(77)79-36-43-28-30-44(31-29-43)65-56(73)46(63-13)27-24-32-64-59(62)76/h17,21-23,25-26,28-31,33,37-38,40-41,45-48,50-53,63H,18-20,24,27,32,34-36,61H2,1-16H3,(H,65,73)(H,66,72)(H,67,74)(H3,62,64,76). The lowest BCUT2D eigenvalue weighted by molar-refractivity contribution is -0.144. The first-order chi connectivity index (χ1) is 37.8. The van der Waals surface area contributed by atoms with E-state index in [1.807, 2.05) is 98.9 Å². The number of anilines is 1. The number of carbonyl (C=O) groups excluding carboxylic acids is 7. The quantitative estimate of drug-likeness (QED) is 0.0335. The number of urea groups is 1. The summed E-state index contributed by atoms with van der Waals surface area (Å²) >= 11 is 1.59. The molecular weight excluding hydrogens is 1040 g/mol. The SMILES string of the molecule is CC=CSC(=C(C)C)C(Cc1ccccc1)NC(=O)C(C)C(OC)C(CC)N(CC)C(=O)CC(N)C(C(C)CC)N(C)C(=O)C(NC(=O)C(C(C)C)N(C)C(=O)OCc1ccc(NC(=O)C(CCCNC(N)=O)NC)cc1)C(C)C. The van der Waals surface area contributed by atoms with Crippen LogP contribution in [-0.4, -0.2) is 146 Å². The highest BCUT2D eigenvalue weighted by Gasteiger charge is 2.41. The molecule has 0 heterocycles. The monoisotopic (exact) mass is 1130 g/mol. The van der Waals surface area contributed by atoms with Gasteiger partial charge in [-0.25, -0.2) is 9.59 Å². The third-order valence-electron chi connectivity index (χ3n) is 14.7. The highest BCUT2D eigenvalue weighted by Crippen LogP contribution is 2.29. The maximum absolute atomic E-state index is 14.7. The van der Waals surface area contributed by atoms with Gasteiger partial charge in [0.25, 0.3) is 0 Å². The van der Waals surface area contributed by atoms with Crippen molar-refractivity contribution in [2.75, 3.05) is 46.7 Å². The fourth-order valence-corrected chi connectivity index (χ4v) is 11.0. The molecule has 10 unspecified atom stereocenters. The van der Waals surface area contributed by atoms with Crippen LogP contribution in [0.3, 0.4) is 0 Å². The zero-order valence-corrected chi connectivity index (χ0v) is 51.5. The van der Waals surface area contributed by atoms with Crippen molar-refractivity contribution in [3.63, 3.8) is 0 Å². The summed E-state index contributed by atoms with van der Waals surface area (Å²) in [5, 5.41) is 16.6. The van der Waals surface area contributed by atoms with Crippen molar-refractivity contribution in [1.29, 1.82) is 0 Å². The molecule has 0 saturated heterocycles. The van der Waals surface area contributed by atoms with Crippen LogP contribution in [0, 0.1) is 23.7 Å². The Kier molecular flexibility index (Phi) is 31.3. The van der Waals surface area contributed by atoms with E-state index in [-0.39, 0.29) is 54.5 Å². The summed E-state index contributed by atoms with van der Waals surface area (Å²) in [4.78, 5) is 101. The van der Waals surface area contributed by atoms with E-state index in [1.54, 1.807) is 80.9 Å². The highest BCUT2D eigenvalue weighted by molar-refractivity contribution is 8.05. The van der Waals surface area contributed by atoms with E-state index < -0.39 is 72.2 Å². The highest BCUT2D eigenvalue weighted by atomic mass is 32.2. The Morgan fingerprint density at radius 1 is 0.787 bits per heavy atom. The number of likely N-dealkylation sites (N-methyl/N-ethyl adjacent to an activating group) is 4. The van der Waals surface area contributed by atoms with Crippen LogP contribution in [-0.2, 0) is 46.5 Å². The van der Waals surface area contributed by atoms with Crippen LogP contribution in [0.15, 0.2) is 76.6 Å². The fraction of sp³-hybridized carbons (Fsp3) is 0.617. The molecule has 0 aliphatic carbocycles. The van der Waals surface area contributed by atoms with Gasteiger partial charge in [-0.05, 0) is 107 Å². The predicted molar refractivity (Wildman–Crippen MR) is 321 cm³/mol. The Balaban J connectivity index is 2.26. The maximum atomic E-state index is 14.7. The molecule has 9 N–H and O–H groups in total. The van der Waals surface area contributed by atoms with E-state index in [9.17, 15) is 33.6 Å². The molecule has 0 radical (unpaired) electrons. The van der Waals surface area contributed by atoms with Crippen LogP contribution < -0.4 is 38.1 Å². The first kappa shape index (κ1) is 70.1. The summed E-state index contributed by atoms with van der Waals surface area (Å²) in [5.74, 6) is -3.18. The average Bonchev–Trinajstić information content (AvgIpc) is 3.41. The summed E-state index contributed by atoms with van der Waals surface area (Å²) in [6.07, 6.45) is 3.20. The third kappa shape index (κ3) is 21.5. The van der Waals surface area contributed by atoms with Gasteiger partial charge in [-0.15, -0.1) is 11.8 Å². The van der Waals surface area contributed by atoms with Gasteiger partial charge in [0.15, 0.2) is 0 Å². The van der Waals surface area contributed by atoms with Crippen LogP contribution >= 0.6 is 11.8 Å². The molecule has 0 spiro atoms. The summed E-state index contributed by atoms with van der Waals surface area (Å²) in [6.45, 7) is 23.5. The number of thioether (sulfide) groups is 1. The molecule has 8 amide bonds. The van der Waals surface area contributed by atoms with Crippen LogP contribution in [0.5, 0.6) is 0 Å². The lowest BCUT2D eigenvalue weighted by atomic mass is 9.88. The molecule has 0 fully saturated rings. The summed E-state index contributed by atoms with van der Waals surface area (Å²) < 4.78 is 11.8. The molecule has 19 nitrogen and oxygen atoms in total. The molecule has 0 aliphatic heterocycles. The minimum atomic E-state index is -1.01. The number of rotatable bonds is 34. The average molecular weight is 1140 g/mol. The van der Waals surface area contributed by atoms with E-state index in [1.165, 1.54) is 11.9 Å². The number of carbonyl (C=O) groups is 7. The van der Waals surface area contributed by atoms with E-state index in [0.29, 0.717) is 56.4 Å². The molecule has 0 saturated carbocycles. The number of allylic oxidation sites excluding steroid dienone is 2. The number of nitrogens with zero attached hydrogens (tertiary/aromatic N) is 3. The Hall–Kier alpha value is -5.96. The Bertz CT molecular complexity index is 2330. The number of benzene rings is 2. The number of nitrogens with two attached hydrogens (primary N) is 2. The first-order valence-corrected chi connectivity index (χ1v) is 29.2. The second-order valence-electron chi connectivity index (χ2n) is 21.6. The first-order valence-electron chi connectivity index (χ1n) is 28.3. The van der Waals surface area contributed by atoms with Crippen molar-refractivity contribution in [1.82, 2.24) is 36.0 Å². The van der Waals surface area contributed by atoms with Gasteiger partial charge in [0.1, 0.15) is 18.7 Å². The molecule has 0 bridgehead atoms. The van der Waals surface area contributed by atoms with Crippen LogP contribution in [0.2, 0.25) is 0 Å². The van der Waals surface area contributed by atoms with Gasteiger partial charge < -0.3 is 57.3 Å². The van der Waals surface area contributed by atoms with Crippen molar-refractivity contribution in [3.05, 3.63) is 87.7 Å². The zero-order valence-electron chi connectivity index (χ0n) is 50.7. The van der Waals surface area contributed by atoms with Gasteiger partial charge in [0.05, 0.1) is 30.1 Å². The molecule has 2 aromatic carbocycles. The lowest BCUT2D eigenvalue weighted by Gasteiger charge is -2.41. The van der Waals surface area contributed by atoms with E-state index in [2.05, 4.69) is 38.7 Å². The summed E-state index contributed by atoms with van der Waals surface area (Å²) in [5.41, 5.74) is 15.5. The number of hydrogen-bond donors (Lipinski definition) is 7. The number of hydrogen-bond acceptors (Lipinski definition) is 12. The lowest BCUT2D eigenvalue weighted by Crippen LogP contribution is -2.61. The van der Waals surface area contributed by atoms with Gasteiger partial charge in [0.2, 0.25) is 29.5 Å². The normalized spacial score (nSPS) is 15.2. The van der Waals surface area contributed by atoms with Crippen molar-refractivity contribution in [2.24, 2.45) is 35.1 Å². The molecule has 0 aromatic heterocycles. The van der Waals surface area contributed by atoms with Crippen LogP contribution in [0.1, 0.15) is 126 Å². The van der Waals surface area contributed by atoms with Crippen molar-refractivity contribution in [3.8, 4) is 0 Å². The largest absolute Gasteiger partial charge is 0.445 e. The molecule has 80 heavy (non-hydrogen) atoms. The van der Waals surface area contributed by atoms with Crippen molar-refractivity contribution < 1.29 is 43.0 Å². The fourth-order valence-electron chi connectivity index (χ4n) is 10.1. The Morgan fingerprint density at radius 3 is 1.94 bits per heavy atom. The molecule has 2 aromatic rings.